The van der Waals surface area contributed by atoms with Gasteiger partial charge in [0.2, 0.25) is 0 Å². The molecular formula is C18H22F3N5. The first-order valence-corrected chi connectivity index (χ1v) is 8.90. The topological polar surface area (TPSA) is 68.8 Å². The summed E-state index contributed by atoms with van der Waals surface area (Å²) in [7, 11) is 0. The molecule has 2 aromatic rings. The molecule has 2 aromatic heterocycles. The van der Waals surface area contributed by atoms with Crippen molar-refractivity contribution in [1.29, 1.82) is 0 Å². The number of nitrogen functional groups attached to an aromatic ring is 1. The van der Waals surface area contributed by atoms with Gasteiger partial charge in [0, 0.05) is 35.5 Å². The maximum atomic E-state index is 13.2. The van der Waals surface area contributed by atoms with Crippen LogP contribution in [0.25, 0.3) is 11.3 Å². The summed E-state index contributed by atoms with van der Waals surface area (Å²) in [5.41, 5.74) is 6.46. The minimum Gasteiger partial charge on any atom is -0.383 e. The van der Waals surface area contributed by atoms with E-state index >= 15 is 0 Å². The number of hydrogen-bond donors (Lipinski definition) is 2. The van der Waals surface area contributed by atoms with Crippen LogP contribution in [0.4, 0.5) is 19.0 Å². The molecule has 0 spiro atoms. The number of hydrogen-bond acceptors (Lipinski definition) is 4. The van der Waals surface area contributed by atoms with Crippen LogP contribution >= 0.6 is 0 Å². The molecule has 140 valence electrons. The zero-order valence-electron chi connectivity index (χ0n) is 14.7. The van der Waals surface area contributed by atoms with E-state index in [1.165, 1.54) is 6.20 Å². The Balaban J connectivity index is 1.75. The number of aromatic nitrogens is 3. The molecule has 0 aromatic carbocycles. The van der Waals surface area contributed by atoms with Gasteiger partial charge in [-0.25, -0.2) is 4.98 Å². The van der Waals surface area contributed by atoms with E-state index in [0.29, 0.717) is 29.1 Å². The molecule has 4 rings (SSSR count). The fraction of sp³-hybridized carbons (Fsp3) is 0.556. The Bertz CT molecular complexity index is 827. The molecule has 3 heterocycles. The Hall–Kier alpha value is -2.09. The third-order valence-corrected chi connectivity index (χ3v) is 5.52. The van der Waals surface area contributed by atoms with Crippen LogP contribution in [0, 0.1) is 5.92 Å². The van der Waals surface area contributed by atoms with Gasteiger partial charge in [0.15, 0.2) is 0 Å². The third kappa shape index (κ3) is 2.86. The lowest BCUT2D eigenvalue weighted by Crippen LogP contribution is -2.29. The molecule has 5 nitrogen and oxygen atoms in total. The predicted molar refractivity (Wildman–Crippen MR) is 92.5 cm³/mol. The Labute approximate surface area is 149 Å². The summed E-state index contributed by atoms with van der Waals surface area (Å²) in [4.78, 5) is 3.74. The number of nitrogens with two attached hydrogens (primary N) is 1. The average molecular weight is 365 g/mol. The number of rotatable bonds is 3. The maximum absolute atomic E-state index is 13.2. The van der Waals surface area contributed by atoms with E-state index in [4.69, 9.17) is 5.73 Å². The molecule has 1 saturated heterocycles. The van der Waals surface area contributed by atoms with E-state index in [-0.39, 0.29) is 6.04 Å². The van der Waals surface area contributed by atoms with Gasteiger partial charge in [-0.2, -0.15) is 18.3 Å². The summed E-state index contributed by atoms with van der Waals surface area (Å²) in [5.74, 6) is 0.454. The van der Waals surface area contributed by atoms with Crippen molar-refractivity contribution in [2.24, 2.45) is 5.92 Å². The van der Waals surface area contributed by atoms with Crippen molar-refractivity contribution in [3.63, 3.8) is 0 Å². The van der Waals surface area contributed by atoms with E-state index in [9.17, 15) is 13.2 Å². The molecule has 2 bridgehead atoms. The lowest BCUT2D eigenvalue weighted by molar-refractivity contribution is -0.137. The quantitative estimate of drug-likeness (QED) is 0.872. The van der Waals surface area contributed by atoms with Crippen LogP contribution in [0.15, 0.2) is 18.3 Å². The summed E-state index contributed by atoms with van der Waals surface area (Å²) < 4.78 is 41.4. The molecule has 2 fully saturated rings. The van der Waals surface area contributed by atoms with Gasteiger partial charge in [0.05, 0.1) is 11.3 Å². The monoisotopic (exact) mass is 365 g/mol. The van der Waals surface area contributed by atoms with Crippen LogP contribution in [0.3, 0.4) is 0 Å². The predicted octanol–water partition coefficient (Wildman–Crippen LogP) is 3.59. The van der Waals surface area contributed by atoms with Crippen molar-refractivity contribution in [3.8, 4) is 11.3 Å². The Morgan fingerprint density at radius 3 is 2.62 bits per heavy atom. The van der Waals surface area contributed by atoms with Crippen molar-refractivity contribution >= 4 is 5.82 Å². The highest BCUT2D eigenvalue weighted by atomic mass is 19.4. The van der Waals surface area contributed by atoms with Crippen LogP contribution < -0.4 is 11.1 Å². The van der Waals surface area contributed by atoms with Gasteiger partial charge in [0.25, 0.3) is 0 Å². The van der Waals surface area contributed by atoms with Gasteiger partial charge in [-0.05, 0) is 51.3 Å². The van der Waals surface area contributed by atoms with Crippen LogP contribution in [-0.2, 0) is 6.18 Å². The van der Waals surface area contributed by atoms with E-state index in [2.05, 4.69) is 15.4 Å². The summed E-state index contributed by atoms with van der Waals surface area (Å²) in [6.07, 6.45) is -0.961. The number of pyridine rings is 1. The van der Waals surface area contributed by atoms with Crippen LogP contribution in [0.5, 0.6) is 0 Å². The second kappa shape index (κ2) is 5.97. The SMILES string of the molecule is CC(C)n1nc(-c2cnc(N)c(C(F)(F)F)c2)cc1[C@H]1CC2C[C@@H]1CN2. The lowest BCUT2D eigenvalue weighted by atomic mass is 9.91. The van der Waals surface area contributed by atoms with Gasteiger partial charge in [-0.1, -0.05) is 0 Å². The smallest absolute Gasteiger partial charge is 0.383 e. The standard InChI is InChI=1S/C18H22F3N5/c1-9(2)26-16(13-5-12-3-10(13)7-23-12)6-15(25-26)11-4-14(18(19,20)21)17(22)24-8-11/h4,6,8-10,12-13,23H,3,5,7H2,1-2H3,(H2,22,24)/t10-,12?,13+/m1/s1. The van der Waals surface area contributed by atoms with Crippen molar-refractivity contribution in [2.45, 2.75) is 50.9 Å². The average Bonchev–Trinajstić information content (AvgIpc) is 3.28. The molecule has 3 atom stereocenters. The molecule has 0 radical (unpaired) electrons. The number of nitrogens with one attached hydrogen (secondary N) is 1. The molecule has 8 heteroatoms. The molecule has 3 N–H and O–H groups in total. The number of halogens is 3. The summed E-state index contributed by atoms with van der Waals surface area (Å²) in [5, 5.41) is 8.10. The Morgan fingerprint density at radius 2 is 2.04 bits per heavy atom. The lowest BCUT2D eigenvalue weighted by Gasteiger charge is -2.24. The fourth-order valence-electron chi connectivity index (χ4n) is 4.28. The van der Waals surface area contributed by atoms with Crippen molar-refractivity contribution in [3.05, 3.63) is 29.6 Å². The molecular weight excluding hydrogens is 343 g/mol. The van der Waals surface area contributed by atoms with E-state index in [0.717, 1.165) is 31.1 Å². The van der Waals surface area contributed by atoms with E-state index < -0.39 is 17.6 Å². The number of nitrogens with zero attached hydrogens (tertiary/aromatic N) is 3. The first kappa shape index (κ1) is 17.3. The van der Waals surface area contributed by atoms with Crippen molar-refractivity contribution in [1.82, 2.24) is 20.1 Å². The third-order valence-electron chi connectivity index (χ3n) is 5.52. The second-order valence-corrected chi connectivity index (χ2v) is 7.59. The second-order valence-electron chi connectivity index (χ2n) is 7.59. The summed E-state index contributed by atoms with van der Waals surface area (Å²) >= 11 is 0. The minimum absolute atomic E-state index is 0.134. The highest BCUT2D eigenvalue weighted by molar-refractivity contribution is 5.63. The summed E-state index contributed by atoms with van der Waals surface area (Å²) in [6.45, 7) is 5.07. The normalized spacial score (nSPS) is 25.4. The Morgan fingerprint density at radius 1 is 1.27 bits per heavy atom. The molecule has 1 aliphatic carbocycles. The van der Waals surface area contributed by atoms with Crippen LogP contribution in [-0.4, -0.2) is 27.4 Å². The van der Waals surface area contributed by atoms with Gasteiger partial charge < -0.3 is 11.1 Å². The molecule has 1 unspecified atom stereocenters. The number of fused-ring (bicyclic) bond motifs is 2. The van der Waals surface area contributed by atoms with Crippen molar-refractivity contribution in [2.75, 3.05) is 12.3 Å². The highest BCUT2D eigenvalue weighted by Gasteiger charge is 2.42. The first-order valence-electron chi connectivity index (χ1n) is 8.90. The maximum Gasteiger partial charge on any atom is 0.419 e. The van der Waals surface area contributed by atoms with Crippen LogP contribution in [0.1, 0.15) is 49.9 Å². The van der Waals surface area contributed by atoms with E-state index in [1.54, 1.807) is 0 Å². The minimum atomic E-state index is -4.53. The molecule has 26 heavy (non-hydrogen) atoms. The Kier molecular flexibility index (Phi) is 3.98. The van der Waals surface area contributed by atoms with Crippen LogP contribution in [0.2, 0.25) is 0 Å². The molecule has 0 amide bonds. The number of alkyl halides is 3. The highest BCUT2D eigenvalue weighted by Crippen LogP contribution is 2.44. The van der Waals surface area contributed by atoms with Gasteiger partial charge >= 0.3 is 6.18 Å². The zero-order valence-corrected chi connectivity index (χ0v) is 14.7. The molecule has 2 aliphatic rings. The number of anilines is 1. The largest absolute Gasteiger partial charge is 0.419 e. The summed E-state index contributed by atoms with van der Waals surface area (Å²) in [6, 6.07) is 3.65. The fourth-order valence-corrected chi connectivity index (χ4v) is 4.28. The van der Waals surface area contributed by atoms with E-state index in [1.807, 2.05) is 24.6 Å². The molecule has 1 aliphatic heterocycles. The zero-order chi connectivity index (χ0) is 18.6. The molecule has 1 saturated carbocycles. The van der Waals surface area contributed by atoms with Crippen molar-refractivity contribution < 1.29 is 13.2 Å². The van der Waals surface area contributed by atoms with Gasteiger partial charge in [0.1, 0.15) is 5.82 Å². The van der Waals surface area contributed by atoms with Gasteiger partial charge in [-0.15, -0.1) is 0 Å². The number of piperidine rings is 1. The first-order chi connectivity index (χ1) is 12.2. The van der Waals surface area contributed by atoms with Gasteiger partial charge in [-0.3, -0.25) is 4.68 Å².